The van der Waals surface area contributed by atoms with Crippen molar-refractivity contribution in [2.75, 3.05) is 5.32 Å². The zero-order chi connectivity index (χ0) is 20.4. The Kier molecular flexibility index (Phi) is 4.91. The lowest BCUT2D eigenvalue weighted by atomic mass is 10.1. The van der Waals surface area contributed by atoms with Crippen LogP contribution >= 0.6 is 0 Å². The quantitative estimate of drug-likeness (QED) is 0.572. The van der Waals surface area contributed by atoms with Crippen LogP contribution in [0.2, 0.25) is 0 Å². The first-order chi connectivity index (χ1) is 14.0. The van der Waals surface area contributed by atoms with Crippen LogP contribution in [-0.4, -0.2) is 15.5 Å². The minimum atomic E-state index is -0.524. The standard InChI is InChI=1S/C23H18FN3O2/c1-15-6-4-9-18(12-15)26-22(28)19-13-16-8-5-11-25-21(16)27(23(19)29)14-17-7-2-3-10-20(17)24/h2-13H,14H2,1H3,(H,26,28). The molecule has 1 N–H and O–H groups in total. The second kappa shape index (κ2) is 7.67. The van der Waals surface area contributed by atoms with Crippen LogP contribution in [-0.2, 0) is 6.54 Å². The highest BCUT2D eigenvalue weighted by atomic mass is 19.1. The minimum Gasteiger partial charge on any atom is -0.322 e. The number of anilines is 1. The molecule has 2 heterocycles. The molecule has 0 bridgehead atoms. The Balaban J connectivity index is 1.81. The molecule has 0 saturated heterocycles. The van der Waals surface area contributed by atoms with Crippen molar-refractivity contribution in [1.82, 2.24) is 9.55 Å². The third-order valence-electron chi connectivity index (χ3n) is 4.65. The average Bonchev–Trinajstić information content (AvgIpc) is 2.71. The Morgan fingerprint density at radius 3 is 2.69 bits per heavy atom. The molecule has 0 aliphatic rings. The number of hydrogen-bond acceptors (Lipinski definition) is 3. The lowest BCUT2D eigenvalue weighted by Gasteiger charge is -2.13. The number of hydrogen-bond donors (Lipinski definition) is 1. The molecule has 4 aromatic rings. The Morgan fingerprint density at radius 1 is 1.07 bits per heavy atom. The summed E-state index contributed by atoms with van der Waals surface area (Å²) in [5.74, 6) is -0.938. The molecular formula is C23H18FN3O2. The number of nitrogens with one attached hydrogen (secondary N) is 1. The number of aryl methyl sites for hydroxylation is 1. The van der Waals surface area contributed by atoms with Crippen molar-refractivity contribution in [2.24, 2.45) is 0 Å². The van der Waals surface area contributed by atoms with Crippen molar-refractivity contribution in [3.8, 4) is 0 Å². The van der Waals surface area contributed by atoms with Gasteiger partial charge in [-0.2, -0.15) is 0 Å². The topological polar surface area (TPSA) is 64.0 Å². The van der Waals surface area contributed by atoms with Crippen molar-refractivity contribution in [2.45, 2.75) is 13.5 Å². The van der Waals surface area contributed by atoms with E-state index in [2.05, 4.69) is 10.3 Å². The second-order valence-corrected chi connectivity index (χ2v) is 6.78. The highest BCUT2D eigenvalue weighted by Crippen LogP contribution is 2.16. The molecule has 0 saturated carbocycles. The van der Waals surface area contributed by atoms with Gasteiger partial charge in [0.1, 0.15) is 17.0 Å². The maximum atomic E-state index is 14.2. The van der Waals surface area contributed by atoms with E-state index in [9.17, 15) is 14.0 Å². The molecule has 0 aliphatic carbocycles. The summed E-state index contributed by atoms with van der Waals surface area (Å²) in [5, 5.41) is 3.38. The molecule has 4 rings (SSSR count). The first kappa shape index (κ1) is 18.6. The number of benzene rings is 2. The van der Waals surface area contributed by atoms with Gasteiger partial charge >= 0.3 is 0 Å². The monoisotopic (exact) mass is 387 g/mol. The molecule has 0 atom stereocenters. The van der Waals surface area contributed by atoms with Crippen LogP contribution in [0.4, 0.5) is 10.1 Å². The van der Waals surface area contributed by atoms with E-state index in [0.29, 0.717) is 22.3 Å². The van der Waals surface area contributed by atoms with Crippen molar-refractivity contribution >= 4 is 22.6 Å². The molecule has 0 unspecified atom stereocenters. The van der Waals surface area contributed by atoms with E-state index in [1.165, 1.54) is 16.7 Å². The van der Waals surface area contributed by atoms with E-state index < -0.39 is 17.3 Å². The van der Waals surface area contributed by atoms with Gasteiger partial charge in [0.15, 0.2) is 0 Å². The number of aromatic nitrogens is 2. The van der Waals surface area contributed by atoms with E-state index in [1.54, 1.807) is 42.6 Å². The molecule has 1 amide bonds. The maximum absolute atomic E-state index is 14.2. The van der Waals surface area contributed by atoms with E-state index in [4.69, 9.17) is 0 Å². The molecule has 2 aromatic heterocycles. The van der Waals surface area contributed by atoms with Crippen LogP contribution in [0.3, 0.4) is 0 Å². The predicted octanol–water partition coefficient (Wildman–Crippen LogP) is 4.14. The number of pyridine rings is 2. The fraction of sp³-hybridized carbons (Fsp3) is 0.0870. The lowest BCUT2D eigenvalue weighted by molar-refractivity contribution is 0.102. The molecule has 6 heteroatoms. The fourth-order valence-corrected chi connectivity index (χ4v) is 3.23. The third-order valence-corrected chi connectivity index (χ3v) is 4.65. The highest BCUT2D eigenvalue weighted by Gasteiger charge is 2.17. The van der Waals surface area contributed by atoms with Gasteiger partial charge in [0.05, 0.1) is 6.54 Å². The maximum Gasteiger partial charge on any atom is 0.265 e. The second-order valence-electron chi connectivity index (χ2n) is 6.78. The molecule has 0 spiro atoms. The van der Waals surface area contributed by atoms with Gasteiger partial charge in [0, 0.05) is 22.8 Å². The number of carbonyl (C=O) groups excluding carboxylic acids is 1. The first-order valence-electron chi connectivity index (χ1n) is 9.13. The Hall–Kier alpha value is -3.80. The summed E-state index contributed by atoms with van der Waals surface area (Å²) in [6.07, 6.45) is 1.56. The lowest BCUT2D eigenvalue weighted by Crippen LogP contribution is -2.30. The zero-order valence-electron chi connectivity index (χ0n) is 15.7. The van der Waals surface area contributed by atoms with Crippen molar-refractivity contribution < 1.29 is 9.18 Å². The van der Waals surface area contributed by atoms with Gasteiger partial charge in [-0.1, -0.05) is 30.3 Å². The van der Waals surface area contributed by atoms with E-state index >= 15 is 0 Å². The molecule has 0 aliphatic heterocycles. The number of carbonyl (C=O) groups is 1. The Bertz CT molecular complexity index is 1280. The summed E-state index contributed by atoms with van der Waals surface area (Å²) in [6, 6.07) is 18.6. The number of nitrogens with zero attached hydrogens (tertiary/aromatic N) is 2. The average molecular weight is 387 g/mol. The van der Waals surface area contributed by atoms with Gasteiger partial charge in [-0.3, -0.25) is 14.2 Å². The molecule has 0 fully saturated rings. The summed E-state index contributed by atoms with van der Waals surface area (Å²) in [5.41, 5.74) is 1.78. The van der Waals surface area contributed by atoms with Crippen LogP contribution in [0.5, 0.6) is 0 Å². The van der Waals surface area contributed by atoms with E-state index in [1.807, 2.05) is 25.1 Å². The zero-order valence-corrected chi connectivity index (χ0v) is 15.7. The summed E-state index contributed by atoms with van der Waals surface area (Å²) >= 11 is 0. The van der Waals surface area contributed by atoms with Crippen LogP contribution in [0, 0.1) is 12.7 Å². The van der Waals surface area contributed by atoms with Gasteiger partial charge in [0.2, 0.25) is 0 Å². The Labute approximate surface area is 166 Å². The van der Waals surface area contributed by atoms with Crippen LogP contribution in [0.15, 0.2) is 77.7 Å². The van der Waals surface area contributed by atoms with Crippen molar-refractivity contribution in [3.05, 3.63) is 106 Å². The van der Waals surface area contributed by atoms with Crippen LogP contribution in [0.25, 0.3) is 11.0 Å². The fourth-order valence-electron chi connectivity index (χ4n) is 3.23. The summed E-state index contributed by atoms with van der Waals surface area (Å²) in [6.45, 7) is 1.89. The van der Waals surface area contributed by atoms with Gasteiger partial charge in [-0.25, -0.2) is 9.37 Å². The molecule has 2 aromatic carbocycles. The van der Waals surface area contributed by atoms with Gasteiger partial charge in [0.25, 0.3) is 11.5 Å². The van der Waals surface area contributed by atoms with Crippen molar-refractivity contribution in [3.63, 3.8) is 0 Å². The minimum absolute atomic E-state index is 0.0232. The number of fused-ring (bicyclic) bond motifs is 1. The SMILES string of the molecule is Cc1cccc(NC(=O)c2cc3cccnc3n(Cc3ccccc3F)c2=O)c1. The smallest absolute Gasteiger partial charge is 0.265 e. The van der Waals surface area contributed by atoms with Crippen LogP contribution < -0.4 is 10.9 Å². The van der Waals surface area contributed by atoms with Crippen LogP contribution in [0.1, 0.15) is 21.5 Å². The molecule has 144 valence electrons. The van der Waals surface area contributed by atoms with Crippen molar-refractivity contribution in [1.29, 1.82) is 0 Å². The summed E-state index contributed by atoms with van der Waals surface area (Å²) in [4.78, 5) is 30.3. The van der Waals surface area contributed by atoms with E-state index in [0.717, 1.165) is 5.56 Å². The molecule has 29 heavy (non-hydrogen) atoms. The number of halogens is 1. The van der Waals surface area contributed by atoms with E-state index in [-0.39, 0.29) is 12.1 Å². The third kappa shape index (κ3) is 3.78. The Morgan fingerprint density at radius 2 is 1.90 bits per heavy atom. The summed E-state index contributed by atoms with van der Waals surface area (Å²) < 4.78 is 15.5. The number of rotatable bonds is 4. The molecular weight excluding hydrogens is 369 g/mol. The van der Waals surface area contributed by atoms with Gasteiger partial charge < -0.3 is 5.32 Å². The first-order valence-corrected chi connectivity index (χ1v) is 9.13. The summed E-state index contributed by atoms with van der Waals surface area (Å²) in [7, 11) is 0. The molecule has 0 radical (unpaired) electrons. The largest absolute Gasteiger partial charge is 0.322 e. The number of amides is 1. The predicted molar refractivity (Wildman–Crippen MR) is 111 cm³/mol. The van der Waals surface area contributed by atoms with Gasteiger partial charge in [-0.15, -0.1) is 0 Å². The normalized spacial score (nSPS) is 10.8. The molecule has 5 nitrogen and oxygen atoms in total. The van der Waals surface area contributed by atoms with Gasteiger partial charge in [-0.05, 0) is 48.9 Å². The highest BCUT2D eigenvalue weighted by molar-refractivity contribution is 6.05.